The molecule has 0 heterocycles. The molecule has 0 aliphatic carbocycles. The van der Waals surface area contributed by atoms with Crippen LogP contribution in [0.3, 0.4) is 0 Å². The Morgan fingerprint density at radius 2 is 1.86 bits per heavy atom. The summed E-state index contributed by atoms with van der Waals surface area (Å²) in [5, 5.41) is 3.51. The Morgan fingerprint density at radius 1 is 1.21 bits per heavy atom. The Bertz CT molecular complexity index is 190. The second kappa shape index (κ2) is 6.90. The first-order valence-corrected chi connectivity index (χ1v) is 5.60. The van der Waals surface area contributed by atoms with E-state index in [0.29, 0.717) is 0 Å². The van der Waals surface area contributed by atoms with E-state index in [0.717, 1.165) is 18.9 Å². The first-order chi connectivity index (χ1) is 6.45. The second-order valence-electron chi connectivity index (χ2n) is 5.04. The molecule has 0 fully saturated rings. The van der Waals surface area contributed by atoms with E-state index in [1.54, 1.807) is 0 Å². The lowest BCUT2D eigenvalue weighted by atomic mass is 10.0. The molecule has 82 valence electrons. The molecule has 1 nitrogen and oxygen atoms in total. The molecule has 0 aromatic heterocycles. The maximum absolute atomic E-state index is 3.51. The van der Waals surface area contributed by atoms with Crippen molar-refractivity contribution in [3.63, 3.8) is 0 Å². The summed E-state index contributed by atoms with van der Waals surface area (Å²) in [6.45, 7) is 12.0. The molecule has 0 spiro atoms. The van der Waals surface area contributed by atoms with Crippen LogP contribution in [0.1, 0.15) is 53.9 Å². The van der Waals surface area contributed by atoms with Gasteiger partial charge < -0.3 is 5.32 Å². The fraction of sp³-hybridized carbons (Fsp3) is 0.846. The van der Waals surface area contributed by atoms with Crippen molar-refractivity contribution in [1.29, 1.82) is 0 Å². The van der Waals surface area contributed by atoms with E-state index in [2.05, 4.69) is 44.9 Å². The number of hydrogen-bond acceptors (Lipinski definition) is 1. The molecule has 0 saturated heterocycles. The van der Waals surface area contributed by atoms with Crippen LogP contribution in [0, 0.1) is 17.8 Å². The van der Waals surface area contributed by atoms with Crippen molar-refractivity contribution >= 4 is 0 Å². The van der Waals surface area contributed by atoms with Crippen molar-refractivity contribution in [2.24, 2.45) is 5.92 Å². The summed E-state index contributed by atoms with van der Waals surface area (Å²) in [4.78, 5) is 0. The molecule has 0 bridgehead atoms. The molecule has 1 atom stereocenters. The molecule has 0 aromatic rings. The van der Waals surface area contributed by atoms with Crippen molar-refractivity contribution in [2.75, 3.05) is 6.54 Å². The highest BCUT2D eigenvalue weighted by atomic mass is 14.9. The zero-order valence-electron chi connectivity index (χ0n) is 10.4. The second-order valence-corrected chi connectivity index (χ2v) is 5.04. The Balaban J connectivity index is 3.43. The van der Waals surface area contributed by atoms with Crippen molar-refractivity contribution in [3.8, 4) is 11.8 Å². The van der Waals surface area contributed by atoms with Gasteiger partial charge in [-0.25, -0.2) is 0 Å². The Hall–Kier alpha value is -0.480. The SMILES string of the molecule is CC#CCCC(C)CCNC(C)(C)C. The molecular weight excluding hydrogens is 170 g/mol. The lowest BCUT2D eigenvalue weighted by molar-refractivity contribution is 0.388. The van der Waals surface area contributed by atoms with Gasteiger partial charge in [-0.05, 0) is 53.0 Å². The minimum absolute atomic E-state index is 0.253. The minimum Gasteiger partial charge on any atom is -0.312 e. The summed E-state index contributed by atoms with van der Waals surface area (Å²) in [6.07, 6.45) is 3.53. The zero-order chi connectivity index (χ0) is 11.0. The fourth-order valence-corrected chi connectivity index (χ4v) is 1.28. The van der Waals surface area contributed by atoms with Crippen LogP contribution in [0.15, 0.2) is 0 Å². The van der Waals surface area contributed by atoms with Crippen molar-refractivity contribution in [3.05, 3.63) is 0 Å². The van der Waals surface area contributed by atoms with E-state index in [4.69, 9.17) is 0 Å². The minimum atomic E-state index is 0.253. The highest BCUT2D eigenvalue weighted by molar-refractivity contribution is 4.94. The molecule has 0 rings (SSSR count). The van der Waals surface area contributed by atoms with Gasteiger partial charge in [0.05, 0.1) is 0 Å². The van der Waals surface area contributed by atoms with E-state index in [1.165, 1.54) is 12.8 Å². The highest BCUT2D eigenvalue weighted by Crippen LogP contribution is 2.09. The molecule has 14 heavy (non-hydrogen) atoms. The maximum atomic E-state index is 3.51. The van der Waals surface area contributed by atoms with Gasteiger partial charge in [-0.15, -0.1) is 11.8 Å². The molecule has 1 unspecified atom stereocenters. The van der Waals surface area contributed by atoms with Gasteiger partial charge in [0.1, 0.15) is 0 Å². The predicted octanol–water partition coefficient (Wildman–Crippen LogP) is 3.20. The van der Waals surface area contributed by atoms with Crippen LogP contribution in [-0.2, 0) is 0 Å². The number of hydrogen-bond donors (Lipinski definition) is 1. The smallest absolute Gasteiger partial charge is 0.00965 e. The molecule has 0 aliphatic heterocycles. The third-order valence-corrected chi connectivity index (χ3v) is 2.23. The maximum Gasteiger partial charge on any atom is 0.00965 e. The molecule has 0 aromatic carbocycles. The Morgan fingerprint density at radius 3 is 2.36 bits per heavy atom. The van der Waals surface area contributed by atoms with Gasteiger partial charge in [0, 0.05) is 12.0 Å². The Kier molecular flexibility index (Phi) is 6.66. The summed E-state index contributed by atoms with van der Waals surface area (Å²) in [5.74, 6) is 6.84. The van der Waals surface area contributed by atoms with Crippen molar-refractivity contribution < 1.29 is 0 Å². The summed E-state index contributed by atoms with van der Waals surface area (Å²) >= 11 is 0. The molecule has 0 aliphatic rings. The average molecular weight is 195 g/mol. The highest BCUT2D eigenvalue weighted by Gasteiger charge is 2.08. The lowest BCUT2D eigenvalue weighted by Crippen LogP contribution is -2.36. The monoisotopic (exact) mass is 195 g/mol. The number of nitrogens with one attached hydrogen (secondary N) is 1. The van der Waals surface area contributed by atoms with Gasteiger partial charge in [0.2, 0.25) is 0 Å². The predicted molar refractivity (Wildman–Crippen MR) is 64.2 cm³/mol. The van der Waals surface area contributed by atoms with E-state index in [-0.39, 0.29) is 5.54 Å². The van der Waals surface area contributed by atoms with Gasteiger partial charge in [-0.2, -0.15) is 0 Å². The van der Waals surface area contributed by atoms with Crippen molar-refractivity contribution in [2.45, 2.75) is 59.4 Å². The normalized spacial score (nSPS) is 13.2. The average Bonchev–Trinajstić information content (AvgIpc) is 2.02. The zero-order valence-corrected chi connectivity index (χ0v) is 10.4. The third-order valence-electron chi connectivity index (χ3n) is 2.23. The molecular formula is C13H25N. The van der Waals surface area contributed by atoms with Crippen molar-refractivity contribution in [1.82, 2.24) is 5.32 Å². The van der Waals surface area contributed by atoms with E-state index in [9.17, 15) is 0 Å². The first-order valence-electron chi connectivity index (χ1n) is 5.60. The molecule has 1 N–H and O–H groups in total. The van der Waals surface area contributed by atoms with Crippen LogP contribution < -0.4 is 5.32 Å². The summed E-state index contributed by atoms with van der Waals surface area (Å²) < 4.78 is 0. The van der Waals surface area contributed by atoms with Gasteiger partial charge in [-0.3, -0.25) is 0 Å². The molecule has 1 heteroatoms. The van der Waals surface area contributed by atoms with Crippen LogP contribution in [0.4, 0.5) is 0 Å². The first kappa shape index (κ1) is 13.5. The summed E-state index contributed by atoms with van der Waals surface area (Å²) in [6, 6.07) is 0. The van der Waals surface area contributed by atoms with E-state index < -0.39 is 0 Å². The quantitative estimate of drug-likeness (QED) is 0.664. The number of rotatable bonds is 5. The summed E-state index contributed by atoms with van der Waals surface area (Å²) in [7, 11) is 0. The third kappa shape index (κ3) is 9.61. The van der Waals surface area contributed by atoms with E-state index >= 15 is 0 Å². The van der Waals surface area contributed by atoms with Gasteiger partial charge >= 0.3 is 0 Å². The van der Waals surface area contributed by atoms with E-state index in [1.807, 2.05) is 6.92 Å². The van der Waals surface area contributed by atoms with Gasteiger partial charge in [0.25, 0.3) is 0 Å². The fourth-order valence-electron chi connectivity index (χ4n) is 1.28. The van der Waals surface area contributed by atoms with Crippen LogP contribution in [0.2, 0.25) is 0 Å². The topological polar surface area (TPSA) is 12.0 Å². The van der Waals surface area contributed by atoms with Gasteiger partial charge in [0.15, 0.2) is 0 Å². The van der Waals surface area contributed by atoms with Crippen LogP contribution in [-0.4, -0.2) is 12.1 Å². The van der Waals surface area contributed by atoms with Crippen LogP contribution in [0.5, 0.6) is 0 Å². The standard InChI is InChI=1S/C13H25N/c1-6-7-8-9-12(2)10-11-14-13(3,4)5/h12,14H,8-11H2,1-5H3. The molecule has 0 amide bonds. The molecule has 0 radical (unpaired) electrons. The molecule has 0 saturated carbocycles. The largest absolute Gasteiger partial charge is 0.312 e. The Labute approximate surface area is 89.7 Å². The lowest BCUT2D eigenvalue weighted by Gasteiger charge is -2.21. The van der Waals surface area contributed by atoms with Crippen LogP contribution in [0.25, 0.3) is 0 Å². The summed E-state index contributed by atoms with van der Waals surface area (Å²) in [5.41, 5.74) is 0.253. The van der Waals surface area contributed by atoms with Crippen LogP contribution >= 0.6 is 0 Å². The van der Waals surface area contributed by atoms with Gasteiger partial charge in [-0.1, -0.05) is 6.92 Å².